The van der Waals surface area contributed by atoms with Crippen molar-refractivity contribution in [1.29, 1.82) is 0 Å². The number of benzene rings is 1. The number of aromatic nitrogens is 2. The lowest BCUT2D eigenvalue weighted by molar-refractivity contribution is 0.215. The van der Waals surface area contributed by atoms with Gasteiger partial charge in [0.2, 0.25) is 0 Å². The van der Waals surface area contributed by atoms with Crippen molar-refractivity contribution in [3.05, 3.63) is 57.0 Å². The van der Waals surface area contributed by atoms with Crippen molar-refractivity contribution < 1.29 is 5.11 Å². The molecule has 17 heavy (non-hydrogen) atoms. The molecule has 1 aromatic carbocycles. The lowest BCUT2D eigenvalue weighted by Crippen LogP contribution is -2.04. The van der Waals surface area contributed by atoms with Gasteiger partial charge in [-0.25, -0.2) is 4.98 Å². The number of aliphatic hydroxyl groups excluding tert-OH is 1. The van der Waals surface area contributed by atoms with Gasteiger partial charge in [-0.15, -0.1) is 0 Å². The number of rotatable bonds is 2. The van der Waals surface area contributed by atoms with Crippen LogP contribution in [0, 0.1) is 0 Å². The van der Waals surface area contributed by atoms with Crippen LogP contribution in [0.5, 0.6) is 0 Å². The molecule has 0 spiro atoms. The van der Waals surface area contributed by atoms with Crippen LogP contribution in [0.4, 0.5) is 0 Å². The van der Waals surface area contributed by atoms with E-state index < -0.39 is 6.10 Å². The Balaban J connectivity index is 2.40. The van der Waals surface area contributed by atoms with Crippen LogP contribution in [-0.4, -0.2) is 15.1 Å². The lowest BCUT2D eigenvalue weighted by Gasteiger charge is -2.11. The Morgan fingerprint density at radius 3 is 2.59 bits per heavy atom. The standard InChI is InChI=1S/C11H7Cl3N2O/c12-7-3-1-2-6(4-7)10(17)9-11(14)16-8(13)5-15-9/h1-5,10,17H. The Labute approximate surface area is 113 Å². The van der Waals surface area contributed by atoms with Gasteiger partial charge >= 0.3 is 0 Å². The molecule has 0 radical (unpaired) electrons. The van der Waals surface area contributed by atoms with Crippen molar-refractivity contribution in [2.45, 2.75) is 6.10 Å². The predicted octanol–water partition coefficient (Wildman–Crippen LogP) is 3.52. The molecule has 2 aromatic rings. The summed E-state index contributed by atoms with van der Waals surface area (Å²) in [6, 6.07) is 6.81. The first-order valence-electron chi connectivity index (χ1n) is 4.69. The summed E-state index contributed by atoms with van der Waals surface area (Å²) in [5.74, 6) is 0. The molecule has 0 saturated carbocycles. The highest BCUT2D eigenvalue weighted by Gasteiger charge is 2.17. The summed E-state index contributed by atoms with van der Waals surface area (Å²) in [7, 11) is 0. The number of nitrogens with zero attached hydrogens (tertiary/aromatic N) is 2. The Kier molecular flexibility index (Phi) is 3.84. The van der Waals surface area contributed by atoms with Crippen LogP contribution in [0.1, 0.15) is 17.4 Å². The van der Waals surface area contributed by atoms with Gasteiger partial charge in [0.05, 0.1) is 6.20 Å². The molecule has 0 aliphatic rings. The Morgan fingerprint density at radius 1 is 1.18 bits per heavy atom. The molecule has 3 nitrogen and oxygen atoms in total. The van der Waals surface area contributed by atoms with Gasteiger partial charge in [0.1, 0.15) is 17.0 Å². The molecular formula is C11H7Cl3N2O. The van der Waals surface area contributed by atoms with Crippen molar-refractivity contribution in [3.63, 3.8) is 0 Å². The van der Waals surface area contributed by atoms with Crippen LogP contribution in [0.2, 0.25) is 15.3 Å². The third kappa shape index (κ3) is 2.87. The smallest absolute Gasteiger partial charge is 0.155 e. The van der Waals surface area contributed by atoms with Crippen LogP contribution in [-0.2, 0) is 0 Å². The maximum atomic E-state index is 10.1. The molecule has 0 saturated heterocycles. The summed E-state index contributed by atoms with van der Waals surface area (Å²) in [6.45, 7) is 0. The molecule has 88 valence electrons. The van der Waals surface area contributed by atoms with Gasteiger partial charge in [-0.05, 0) is 17.7 Å². The summed E-state index contributed by atoms with van der Waals surface area (Å²) in [6.07, 6.45) is 0.349. The van der Waals surface area contributed by atoms with Crippen molar-refractivity contribution in [1.82, 2.24) is 9.97 Å². The molecular weight excluding hydrogens is 282 g/mol. The fourth-order valence-corrected chi connectivity index (χ4v) is 1.99. The molecule has 2 rings (SSSR count). The molecule has 0 aliphatic carbocycles. The summed E-state index contributed by atoms with van der Waals surface area (Å²) >= 11 is 17.3. The van der Waals surface area contributed by atoms with Crippen LogP contribution in [0.3, 0.4) is 0 Å². The fourth-order valence-electron chi connectivity index (χ4n) is 1.37. The van der Waals surface area contributed by atoms with Gasteiger partial charge in [0.25, 0.3) is 0 Å². The number of aliphatic hydroxyl groups is 1. The van der Waals surface area contributed by atoms with E-state index in [2.05, 4.69) is 9.97 Å². The van der Waals surface area contributed by atoms with Crippen molar-refractivity contribution in [3.8, 4) is 0 Å². The van der Waals surface area contributed by atoms with E-state index in [0.717, 1.165) is 0 Å². The Hall–Kier alpha value is -0.870. The predicted molar refractivity (Wildman–Crippen MR) is 67.6 cm³/mol. The van der Waals surface area contributed by atoms with Crippen LogP contribution >= 0.6 is 34.8 Å². The van der Waals surface area contributed by atoms with Crippen molar-refractivity contribution in [2.24, 2.45) is 0 Å². The van der Waals surface area contributed by atoms with Gasteiger partial charge in [-0.1, -0.05) is 46.9 Å². The second kappa shape index (κ2) is 5.19. The van der Waals surface area contributed by atoms with Gasteiger partial charge in [-0.2, -0.15) is 0 Å². The maximum Gasteiger partial charge on any atom is 0.155 e. The molecule has 6 heteroatoms. The van der Waals surface area contributed by atoms with Crippen LogP contribution < -0.4 is 0 Å². The topological polar surface area (TPSA) is 46.0 Å². The van der Waals surface area contributed by atoms with E-state index in [1.165, 1.54) is 6.20 Å². The minimum Gasteiger partial charge on any atom is -0.382 e. The lowest BCUT2D eigenvalue weighted by atomic mass is 10.1. The van der Waals surface area contributed by atoms with Crippen molar-refractivity contribution >= 4 is 34.8 Å². The maximum absolute atomic E-state index is 10.1. The summed E-state index contributed by atoms with van der Waals surface area (Å²) < 4.78 is 0. The highest BCUT2D eigenvalue weighted by Crippen LogP contribution is 2.27. The Morgan fingerprint density at radius 2 is 1.94 bits per heavy atom. The minimum atomic E-state index is -0.981. The van der Waals surface area contributed by atoms with Crippen LogP contribution in [0.25, 0.3) is 0 Å². The van der Waals surface area contributed by atoms with Gasteiger partial charge in [0.15, 0.2) is 5.15 Å². The SMILES string of the molecule is OC(c1cccc(Cl)c1)c1ncc(Cl)nc1Cl. The highest BCUT2D eigenvalue weighted by molar-refractivity contribution is 6.32. The van der Waals surface area contributed by atoms with Crippen LogP contribution in [0.15, 0.2) is 30.5 Å². The first-order valence-corrected chi connectivity index (χ1v) is 5.83. The zero-order valence-corrected chi connectivity index (χ0v) is 10.7. The molecule has 0 aliphatic heterocycles. The first-order chi connectivity index (χ1) is 8.08. The van der Waals surface area contributed by atoms with Gasteiger partial charge < -0.3 is 5.11 Å². The van der Waals surface area contributed by atoms with E-state index in [9.17, 15) is 5.11 Å². The fraction of sp³-hybridized carbons (Fsp3) is 0.0909. The Bertz CT molecular complexity index is 548. The largest absolute Gasteiger partial charge is 0.382 e. The first kappa shape index (κ1) is 12.6. The van der Waals surface area contributed by atoms with Gasteiger partial charge in [0, 0.05) is 5.02 Å². The zero-order valence-electron chi connectivity index (χ0n) is 8.44. The summed E-state index contributed by atoms with van der Waals surface area (Å²) in [4.78, 5) is 7.78. The molecule has 1 heterocycles. The molecule has 1 atom stereocenters. The average Bonchev–Trinajstić information content (AvgIpc) is 2.28. The molecule has 0 amide bonds. The molecule has 0 fully saturated rings. The number of hydrogen-bond donors (Lipinski definition) is 1. The molecule has 1 unspecified atom stereocenters. The van der Waals surface area contributed by atoms with E-state index >= 15 is 0 Å². The summed E-state index contributed by atoms with van der Waals surface area (Å²) in [5, 5.41) is 10.9. The van der Waals surface area contributed by atoms with E-state index in [-0.39, 0.29) is 16.0 Å². The normalized spacial score (nSPS) is 12.5. The van der Waals surface area contributed by atoms with Crippen molar-refractivity contribution in [2.75, 3.05) is 0 Å². The third-order valence-electron chi connectivity index (χ3n) is 2.15. The minimum absolute atomic E-state index is 0.0741. The second-order valence-corrected chi connectivity index (χ2v) is 4.51. The zero-order chi connectivity index (χ0) is 12.4. The molecule has 1 N–H and O–H groups in total. The number of hydrogen-bond acceptors (Lipinski definition) is 3. The van der Waals surface area contributed by atoms with E-state index in [4.69, 9.17) is 34.8 Å². The highest BCUT2D eigenvalue weighted by atomic mass is 35.5. The van der Waals surface area contributed by atoms with Gasteiger partial charge in [-0.3, -0.25) is 4.98 Å². The monoisotopic (exact) mass is 288 g/mol. The second-order valence-electron chi connectivity index (χ2n) is 3.33. The summed E-state index contributed by atoms with van der Waals surface area (Å²) in [5.41, 5.74) is 0.842. The quantitative estimate of drug-likeness (QED) is 0.920. The average molecular weight is 290 g/mol. The van der Waals surface area contributed by atoms with E-state index in [1.54, 1.807) is 24.3 Å². The molecule has 1 aromatic heterocycles. The van der Waals surface area contributed by atoms with E-state index in [1.807, 2.05) is 0 Å². The molecule has 0 bridgehead atoms. The van der Waals surface area contributed by atoms with E-state index in [0.29, 0.717) is 10.6 Å². The third-order valence-corrected chi connectivity index (χ3v) is 2.85. The number of halogens is 3.